The van der Waals surface area contributed by atoms with Gasteiger partial charge in [-0.25, -0.2) is 4.79 Å². The first kappa shape index (κ1) is 19.0. The van der Waals surface area contributed by atoms with Gasteiger partial charge in [-0.15, -0.1) is 0 Å². The van der Waals surface area contributed by atoms with Crippen molar-refractivity contribution in [3.63, 3.8) is 0 Å². The van der Waals surface area contributed by atoms with Crippen molar-refractivity contribution in [1.29, 1.82) is 0 Å². The molecule has 0 heterocycles. The molecule has 0 unspecified atom stereocenters. The standard InChI is InChI=1S/C19H22O2.C2H6/c1-3-4-5-6-16-9-13-18(14-10-16)21-19(20)17-11-7-15(2)8-12-17;1-2/h7-14H,3-6H2,1-2H3;1-2H3. The normalized spacial score (nSPS) is 9.74. The lowest BCUT2D eigenvalue weighted by Gasteiger charge is -2.06. The summed E-state index contributed by atoms with van der Waals surface area (Å²) in [5, 5.41) is 0. The first-order chi connectivity index (χ1) is 11.2. The molecule has 0 atom stereocenters. The van der Waals surface area contributed by atoms with E-state index in [0.717, 1.165) is 12.0 Å². The number of carbonyl (C=O) groups is 1. The van der Waals surface area contributed by atoms with Crippen molar-refractivity contribution in [2.75, 3.05) is 0 Å². The highest BCUT2D eigenvalue weighted by Gasteiger charge is 2.07. The predicted octanol–water partition coefficient (Wildman–Crippen LogP) is 5.97. The van der Waals surface area contributed by atoms with Gasteiger partial charge in [0, 0.05) is 0 Å². The highest BCUT2D eigenvalue weighted by Crippen LogP contribution is 2.16. The van der Waals surface area contributed by atoms with Crippen LogP contribution >= 0.6 is 0 Å². The van der Waals surface area contributed by atoms with Gasteiger partial charge in [-0.3, -0.25) is 0 Å². The summed E-state index contributed by atoms with van der Waals surface area (Å²) < 4.78 is 5.38. The van der Waals surface area contributed by atoms with Crippen molar-refractivity contribution in [3.8, 4) is 5.75 Å². The van der Waals surface area contributed by atoms with Gasteiger partial charge in [0.1, 0.15) is 5.75 Å². The van der Waals surface area contributed by atoms with Crippen LogP contribution in [0.15, 0.2) is 48.5 Å². The zero-order valence-corrected chi connectivity index (χ0v) is 14.8. The number of esters is 1. The Morgan fingerprint density at radius 3 is 2.09 bits per heavy atom. The van der Waals surface area contributed by atoms with Crippen molar-refractivity contribution >= 4 is 5.97 Å². The molecule has 2 aromatic rings. The minimum atomic E-state index is -0.311. The Morgan fingerprint density at radius 1 is 0.913 bits per heavy atom. The topological polar surface area (TPSA) is 26.3 Å². The summed E-state index contributed by atoms with van der Waals surface area (Å²) in [6, 6.07) is 15.2. The fourth-order valence-electron chi connectivity index (χ4n) is 2.16. The molecule has 2 nitrogen and oxygen atoms in total. The van der Waals surface area contributed by atoms with E-state index in [-0.39, 0.29) is 5.97 Å². The summed E-state index contributed by atoms with van der Waals surface area (Å²) in [4.78, 5) is 12.0. The summed E-state index contributed by atoms with van der Waals surface area (Å²) in [6.07, 6.45) is 4.77. The fraction of sp³-hybridized carbons (Fsp3) is 0.381. The average Bonchev–Trinajstić information content (AvgIpc) is 2.59. The third-order valence-electron chi connectivity index (χ3n) is 3.49. The molecule has 0 bridgehead atoms. The summed E-state index contributed by atoms with van der Waals surface area (Å²) in [5.74, 6) is 0.286. The Labute approximate surface area is 140 Å². The second-order valence-corrected chi connectivity index (χ2v) is 5.36. The van der Waals surface area contributed by atoms with Gasteiger partial charge in [0.2, 0.25) is 0 Å². The smallest absolute Gasteiger partial charge is 0.343 e. The van der Waals surface area contributed by atoms with Crippen molar-refractivity contribution < 1.29 is 9.53 Å². The Balaban J connectivity index is 0.00000127. The number of ether oxygens (including phenoxy) is 1. The zero-order valence-electron chi connectivity index (χ0n) is 14.8. The van der Waals surface area contributed by atoms with Crippen LogP contribution in [0.5, 0.6) is 5.75 Å². The van der Waals surface area contributed by atoms with Crippen LogP contribution in [-0.4, -0.2) is 5.97 Å². The maximum absolute atomic E-state index is 12.0. The Hall–Kier alpha value is -2.09. The molecule has 0 fully saturated rings. The lowest BCUT2D eigenvalue weighted by molar-refractivity contribution is 0.0734. The molecule has 124 valence electrons. The van der Waals surface area contributed by atoms with E-state index in [0.29, 0.717) is 11.3 Å². The third kappa shape index (κ3) is 6.68. The molecule has 2 heteroatoms. The largest absolute Gasteiger partial charge is 0.423 e. The van der Waals surface area contributed by atoms with Gasteiger partial charge in [-0.2, -0.15) is 0 Å². The highest BCUT2D eigenvalue weighted by atomic mass is 16.5. The van der Waals surface area contributed by atoms with Gasteiger partial charge in [0.05, 0.1) is 5.56 Å². The first-order valence-electron chi connectivity index (χ1n) is 8.57. The van der Waals surface area contributed by atoms with E-state index in [4.69, 9.17) is 4.74 Å². The molecule has 23 heavy (non-hydrogen) atoms. The van der Waals surface area contributed by atoms with E-state index in [2.05, 4.69) is 6.92 Å². The lowest BCUT2D eigenvalue weighted by atomic mass is 10.1. The number of rotatable bonds is 6. The van der Waals surface area contributed by atoms with Crippen LogP contribution in [0, 0.1) is 6.92 Å². The second kappa shape index (κ2) is 10.6. The highest BCUT2D eigenvalue weighted by molar-refractivity contribution is 5.91. The molecule has 0 N–H and O–H groups in total. The summed E-state index contributed by atoms with van der Waals surface area (Å²) in [5.41, 5.74) is 2.99. The van der Waals surface area contributed by atoms with E-state index >= 15 is 0 Å². The monoisotopic (exact) mass is 312 g/mol. The molecule has 2 aromatic carbocycles. The van der Waals surface area contributed by atoms with Crippen molar-refractivity contribution in [2.45, 2.75) is 53.4 Å². The van der Waals surface area contributed by atoms with Crippen LogP contribution < -0.4 is 4.74 Å². The number of aryl methyl sites for hydroxylation is 2. The van der Waals surface area contributed by atoms with Gasteiger partial charge in [0.25, 0.3) is 0 Å². The first-order valence-corrected chi connectivity index (χ1v) is 8.57. The van der Waals surface area contributed by atoms with Gasteiger partial charge in [0.15, 0.2) is 0 Å². The number of benzene rings is 2. The average molecular weight is 312 g/mol. The molecule has 0 aromatic heterocycles. The van der Waals surface area contributed by atoms with Crippen molar-refractivity contribution in [1.82, 2.24) is 0 Å². The molecular formula is C21H28O2. The summed E-state index contributed by atoms with van der Waals surface area (Å²) in [6.45, 7) is 8.19. The Kier molecular flexibility index (Phi) is 8.74. The lowest BCUT2D eigenvalue weighted by Crippen LogP contribution is -2.08. The zero-order chi connectivity index (χ0) is 17.1. The van der Waals surface area contributed by atoms with Crippen LogP contribution in [0.1, 0.15) is 61.5 Å². The molecule has 0 aliphatic rings. The van der Waals surface area contributed by atoms with Crippen LogP contribution in [0.2, 0.25) is 0 Å². The minimum Gasteiger partial charge on any atom is -0.423 e. The van der Waals surface area contributed by atoms with E-state index in [1.54, 1.807) is 12.1 Å². The molecule has 0 amide bonds. The molecule has 0 spiro atoms. The summed E-state index contributed by atoms with van der Waals surface area (Å²) >= 11 is 0. The predicted molar refractivity (Wildman–Crippen MR) is 97.2 cm³/mol. The number of carbonyl (C=O) groups excluding carboxylic acids is 1. The quantitative estimate of drug-likeness (QED) is 0.373. The molecule has 0 radical (unpaired) electrons. The molecular weight excluding hydrogens is 284 g/mol. The molecule has 2 rings (SSSR count). The second-order valence-electron chi connectivity index (χ2n) is 5.36. The number of hydrogen-bond donors (Lipinski definition) is 0. The van der Waals surface area contributed by atoms with Crippen LogP contribution in [0.3, 0.4) is 0 Å². The van der Waals surface area contributed by atoms with Gasteiger partial charge >= 0.3 is 5.97 Å². The van der Waals surface area contributed by atoms with Crippen LogP contribution in [0.4, 0.5) is 0 Å². The number of hydrogen-bond acceptors (Lipinski definition) is 2. The van der Waals surface area contributed by atoms with Crippen LogP contribution in [0.25, 0.3) is 0 Å². The molecule has 0 saturated carbocycles. The van der Waals surface area contributed by atoms with E-state index < -0.39 is 0 Å². The van der Waals surface area contributed by atoms with E-state index in [1.165, 1.54) is 24.8 Å². The SMILES string of the molecule is CC.CCCCCc1ccc(OC(=O)c2ccc(C)cc2)cc1. The van der Waals surface area contributed by atoms with Crippen molar-refractivity contribution in [2.24, 2.45) is 0 Å². The van der Waals surface area contributed by atoms with E-state index in [9.17, 15) is 4.79 Å². The third-order valence-corrected chi connectivity index (χ3v) is 3.49. The van der Waals surface area contributed by atoms with Gasteiger partial charge in [-0.1, -0.05) is 63.4 Å². The maximum atomic E-state index is 12.0. The maximum Gasteiger partial charge on any atom is 0.343 e. The molecule has 0 aliphatic heterocycles. The summed E-state index contributed by atoms with van der Waals surface area (Å²) in [7, 11) is 0. The molecule has 0 saturated heterocycles. The molecule has 0 aliphatic carbocycles. The fourth-order valence-corrected chi connectivity index (χ4v) is 2.16. The Bertz CT molecular complexity index is 568. The number of unbranched alkanes of at least 4 members (excludes halogenated alkanes) is 2. The van der Waals surface area contributed by atoms with Crippen LogP contribution in [-0.2, 0) is 6.42 Å². The minimum absolute atomic E-state index is 0.311. The Morgan fingerprint density at radius 2 is 1.52 bits per heavy atom. The van der Waals surface area contributed by atoms with Gasteiger partial charge < -0.3 is 4.74 Å². The van der Waals surface area contributed by atoms with Crippen molar-refractivity contribution in [3.05, 3.63) is 65.2 Å². The van der Waals surface area contributed by atoms with E-state index in [1.807, 2.05) is 57.2 Å². The van der Waals surface area contributed by atoms with Gasteiger partial charge in [-0.05, 0) is 49.6 Å².